The summed E-state index contributed by atoms with van der Waals surface area (Å²) in [6.07, 6.45) is 9.28. The van der Waals surface area contributed by atoms with Gasteiger partial charge in [0.1, 0.15) is 0 Å². The first-order valence-corrected chi connectivity index (χ1v) is 5.40. The molecular formula is C13H24. The SMILES string of the molecule is CC/C=C/C(C)C/C(C)=C/C(C)C. The Bertz CT molecular complexity index is 172. The normalized spacial score (nSPS) is 15.7. The van der Waals surface area contributed by atoms with Gasteiger partial charge in [-0.05, 0) is 31.6 Å². The van der Waals surface area contributed by atoms with Crippen LogP contribution in [0.2, 0.25) is 0 Å². The van der Waals surface area contributed by atoms with Crippen molar-refractivity contribution >= 4 is 0 Å². The molecule has 76 valence electrons. The lowest BCUT2D eigenvalue weighted by molar-refractivity contribution is 0.699. The zero-order valence-corrected chi connectivity index (χ0v) is 9.80. The van der Waals surface area contributed by atoms with Crippen LogP contribution in [0.1, 0.15) is 47.5 Å². The van der Waals surface area contributed by atoms with Gasteiger partial charge in [0.15, 0.2) is 0 Å². The van der Waals surface area contributed by atoms with E-state index < -0.39 is 0 Å². The molecule has 1 unspecified atom stereocenters. The van der Waals surface area contributed by atoms with Crippen LogP contribution >= 0.6 is 0 Å². The number of allylic oxidation sites excluding steroid dienone is 4. The molecule has 0 rings (SSSR count). The highest BCUT2D eigenvalue weighted by Crippen LogP contribution is 2.14. The van der Waals surface area contributed by atoms with Gasteiger partial charge >= 0.3 is 0 Å². The third-order valence-electron chi connectivity index (χ3n) is 1.96. The molecule has 0 saturated carbocycles. The maximum absolute atomic E-state index is 2.36. The minimum Gasteiger partial charge on any atom is -0.0885 e. The van der Waals surface area contributed by atoms with Crippen molar-refractivity contribution in [3.05, 3.63) is 23.8 Å². The van der Waals surface area contributed by atoms with Crippen molar-refractivity contribution in [1.82, 2.24) is 0 Å². The van der Waals surface area contributed by atoms with Crippen LogP contribution in [0, 0.1) is 11.8 Å². The average Bonchev–Trinajstić information content (AvgIpc) is 1.98. The summed E-state index contributed by atoms with van der Waals surface area (Å²) in [5, 5.41) is 0. The van der Waals surface area contributed by atoms with E-state index in [2.05, 4.69) is 52.8 Å². The summed E-state index contributed by atoms with van der Waals surface area (Å²) in [5.41, 5.74) is 1.52. The third-order valence-corrected chi connectivity index (χ3v) is 1.96. The van der Waals surface area contributed by atoms with Gasteiger partial charge in [0.2, 0.25) is 0 Å². The molecule has 0 fully saturated rings. The smallest absolute Gasteiger partial charge is 0.0225 e. The van der Waals surface area contributed by atoms with E-state index in [0.717, 1.165) is 6.42 Å². The first kappa shape index (κ1) is 12.5. The minimum absolute atomic E-state index is 0.683. The monoisotopic (exact) mass is 180 g/mol. The molecule has 0 aliphatic heterocycles. The molecular weight excluding hydrogens is 156 g/mol. The number of hydrogen-bond donors (Lipinski definition) is 0. The van der Waals surface area contributed by atoms with Crippen molar-refractivity contribution in [2.45, 2.75) is 47.5 Å². The van der Waals surface area contributed by atoms with Crippen LogP contribution in [-0.2, 0) is 0 Å². The maximum Gasteiger partial charge on any atom is -0.0225 e. The molecule has 0 heteroatoms. The van der Waals surface area contributed by atoms with Crippen molar-refractivity contribution in [3.63, 3.8) is 0 Å². The van der Waals surface area contributed by atoms with Crippen LogP contribution in [0.15, 0.2) is 23.8 Å². The molecule has 0 heterocycles. The minimum atomic E-state index is 0.683. The Balaban J connectivity index is 3.90. The Morgan fingerprint density at radius 3 is 2.31 bits per heavy atom. The molecule has 0 N–H and O–H groups in total. The van der Waals surface area contributed by atoms with Gasteiger partial charge in [-0.15, -0.1) is 0 Å². The van der Waals surface area contributed by atoms with Gasteiger partial charge in [-0.25, -0.2) is 0 Å². The second-order valence-corrected chi connectivity index (χ2v) is 4.27. The first-order valence-electron chi connectivity index (χ1n) is 5.40. The van der Waals surface area contributed by atoms with Crippen molar-refractivity contribution < 1.29 is 0 Å². The van der Waals surface area contributed by atoms with E-state index in [-0.39, 0.29) is 0 Å². The predicted molar refractivity (Wildman–Crippen MR) is 61.8 cm³/mol. The summed E-state index contributed by atoms with van der Waals surface area (Å²) < 4.78 is 0. The summed E-state index contributed by atoms with van der Waals surface area (Å²) in [6.45, 7) is 11.2. The van der Waals surface area contributed by atoms with E-state index in [1.165, 1.54) is 12.0 Å². The van der Waals surface area contributed by atoms with E-state index in [0.29, 0.717) is 11.8 Å². The largest absolute Gasteiger partial charge is 0.0885 e. The summed E-state index contributed by atoms with van der Waals surface area (Å²) in [5.74, 6) is 1.37. The van der Waals surface area contributed by atoms with Crippen molar-refractivity contribution in [2.75, 3.05) is 0 Å². The van der Waals surface area contributed by atoms with Crippen molar-refractivity contribution in [2.24, 2.45) is 11.8 Å². The molecule has 0 nitrogen and oxygen atoms in total. The highest BCUT2D eigenvalue weighted by atomic mass is 14.0. The van der Waals surface area contributed by atoms with Gasteiger partial charge in [0.25, 0.3) is 0 Å². The molecule has 0 bridgehead atoms. The Morgan fingerprint density at radius 1 is 1.23 bits per heavy atom. The zero-order valence-electron chi connectivity index (χ0n) is 9.80. The molecule has 0 saturated heterocycles. The van der Waals surface area contributed by atoms with Gasteiger partial charge in [-0.1, -0.05) is 51.5 Å². The van der Waals surface area contributed by atoms with Crippen LogP contribution in [0.25, 0.3) is 0 Å². The van der Waals surface area contributed by atoms with Crippen LogP contribution < -0.4 is 0 Å². The summed E-state index contributed by atoms with van der Waals surface area (Å²) in [4.78, 5) is 0. The Morgan fingerprint density at radius 2 is 1.85 bits per heavy atom. The van der Waals surface area contributed by atoms with E-state index in [1.807, 2.05) is 0 Å². The highest BCUT2D eigenvalue weighted by Gasteiger charge is 1.98. The highest BCUT2D eigenvalue weighted by molar-refractivity contribution is 5.03. The second kappa shape index (κ2) is 6.94. The molecule has 0 amide bonds. The lowest BCUT2D eigenvalue weighted by atomic mass is 9.99. The topological polar surface area (TPSA) is 0 Å². The second-order valence-electron chi connectivity index (χ2n) is 4.27. The van der Waals surface area contributed by atoms with Crippen molar-refractivity contribution in [1.29, 1.82) is 0 Å². The molecule has 0 aliphatic carbocycles. The number of hydrogen-bond acceptors (Lipinski definition) is 0. The van der Waals surface area contributed by atoms with Crippen LogP contribution in [0.3, 0.4) is 0 Å². The first-order chi connectivity index (χ1) is 6.06. The van der Waals surface area contributed by atoms with Crippen LogP contribution in [-0.4, -0.2) is 0 Å². The zero-order chi connectivity index (χ0) is 10.3. The van der Waals surface area contributed by atoms with Crippen LogP contribution in [0.4, 0.5) is 0 Å². The summed E-state index contributed by atoms with van der Waals surface area (Å²) in [7, 11) is 0. The maximum atomic E-state index is 2.36. The lowest BCUT2D eigenvalue weighted by Crippen LogP contribution is -1.92. The van der Waals surface area contributed by atoms with Gasteiger partial charge < -0.3 is 0 Å². The molecule has 0 aliphatic rings. The van der Waals surface area contributed by atoms with Crippen LogP contribution in [0.5, 0.6) is 0 Å². The van der Waals surface area contributed by atoms with Gasteiger partial charge in [-0.2, -0.15) is 0 Å². The van der Waals surface area contributed by atoms with Gasteiger partial charge in [-0.3, -0.25) is 0 Å². The predicted octanol–water partition coefficient (Wildman–Crippen LogP) is 4.58. The van der Waals surface area contributed by atoms with Gasteiger partial charge in [0, 0.05) is 0 Å². The Kier molecular flexibility index (Phi) is 6.66. The summed E-state index contributed by atoms with van der Waals surface area (Å²) >= 11 is 0. The van der Waals surface area contributed by atoms with Crippen molar-refractivity contribution in [3.8, 4) is 0 Å². The summed E-state index contributed by atoms with van der Waals surface area (Å²) in [6, 6.07) is 0. The molecule has 0 aromatic rings. The number of rotatable bonds is 5. The fourth-order valence-electron chi connectivity index (χ4n) is 1.58. The Labute approximate surface area is 83.7 Å². The molecule has 1 atom stereocenters. The van der Waals surface area contributed by atoms with E-state index in [4.69, 9.17) is 0 Å². The third kappa shape index (κ3) is 7.83. The quantitative estimate of drug-likeness (QED) is 0.543. The average molecular weight is 180 g/mol. The molecule has 0 aromatic carbocycles. The fourth-order valence-corrected chi connectivity index (χ4v) is 1.58. The van der Waals surface area contributed by atoms with Gasteiger partial charge in [0.05, 0.1) is 0 Å². The lowest BCUT2D eigenvalue weighted by Gasteiger charge is -2.07. The fraction of sp³-hybridized carbons (Fsp3) is 0.692. The molecule has 0 spiro atoms. The van der Waals surface area contributed by atoms with E-state index >= 15 is 0 Å². The molecule has 0 aromatic heterocycles. The molecule has 0 radical (unpaired) electrons. The van der Waals surface area contributed by atoms with E-state index in [9.17, 15) is 0 Å². The Hall–Kier alpha value is -0.520. The molecule has 13 heavy (non-hydrogen) atoms. The van der Waals surface area contributed by atoms with E-state index in [1.54, 1.807) is 0 Å². The standard InChI is InChI=1S/C13H24/c1-6-7-8-12(4)10-13(5)9-11(2)3/h7-9,11-12H,6,10H2,1-5H3/b8-7+,13-9+.